The number of amides is 2. The van der Waals surface area contributed by atoms with E-state index < -0.39 is 0 Å². The highest BCUT2D eigenvalue weighted by atomic mass is 32.1. The Balaban J connectivity index is 2.39. The number of nitrogens with one attached hydrogen (secondary N) is 2. The normalized spacial score (nSPS) is 10.2. The highest BCUT2D eigenvalue weighted by Gasteiger charge is 2.15. The van der Waals surface area contributed by atoms with Crippen molar-refractivity contribution in [1.82, 2.24) is 10.3 Å². The first-order valence-electron chi connectivity index (χ1n) is 6.61. The summed E-state index contributed by atoms with van der Waals surface area (Å²) in [6.45, 7) is 3.33. The molecule has 2 amide bonds. The lowest BCUT2D eigenvalue weighted by Gasteiger charge is -2.02. The van der Waals surface area contributed by atoms with E-state index in [4.69, 9.17) is 11.5 Å². The first kappa shape index (κ1) is 16.2. The van der Waals surface area contributed by atoms with Crippen LogP contribution in [0.15, 0.2) is 0 Å². The lowest BCUT2D eigenvalue weighted by molar-refractivity contribution is -0.118. The fourth-order valence-corrected chi connectivity index (χ4v) is 2.34. The van der Waals surface area contributed by atoms with Gasteiger partial charge in [0.2, 0.25) is 5.91 Å². The summed E-state index contributed by atoms with van der Waals surface area (Å²) in [7, 11) is 0. The van der Waals surface area contributed by atoms with Crippen molar-refractivity contribution < 1.29 is 9.59 Å². The molecule has 20 heavy (non-hydrogen) atoms. The van der Waals surface area contributed by atoms with Crippen molar-refractivity contribution in [3.05, 3.63) is 4.88 Å². The molecule has 0 spiro atoms. The zero-order valence-electron chi connectivity index (χ0n) is 11.6. The van der Waals surface area contributed by atoms with E-state index in [0.29, 0.717) is 35.8 Å². The van der Waals surface area contributed by atoms with E-state index in [-0.39, 0.29) is 17.6 Å². The molecular weight excluding hydrogens is 278 g/mol. The van der Waals surface area contributed by atoms with Gasteiger partial charge >= 0.3 is 0 Å². The third kappa shape index (κ3) is 5.43. The van der Waals surface area contributed by atoms with Gasteiger partial charge in [-0.25, -0.2) is 4.98 Å². The first-order valence-corrected chi connectivity index (χ1v) is 7.43. The van der Waals surface area contributed by atoms with Gasteiger partial charge in [-0.1, -0.05) is 18.3 Å². The van der Waals surface area contributed by atoms with Gasteiger partial charge in [0.1, 0.15) is 10.7 Å². The van der Waals surface area contributed by atoms with E-state index in [1.807, 2.05) is 6.92 Å². The lowest BCUT2D eigenvalue weighted by Crippen LogP contribution is -2.24. The van der Waals surface area contributed by atoms with Gasteiger partial charge in [-0.2, -0.15) is 0 Å². The second-order valence-electron chi connectivity index (χ2n) is 4.34. The molecule has 0 aliphatic heterocycles. The number of carbonyl (C=O) groups excluding carboxylic acids is 2. The SMILES string of the molecule is CCCNc1nc(N)c(C(=O)NCCCCC(N)=O)s1. The number of primary amides is 1. The van der Waals surface area contributed by atoms with Crippen LogP contribution < -0.4 is 22.1 Å². The quantitative estimate of drug-likeness (QED) is 0.505. The molecule has 0 saturated heterocycles. The number of unbranched alkanes of at least 4 members (excludes halogenated alkanes) is 1. The number of nitrogens with zero attached hydrogens (tertiary/aromatic N) is 1. The molecule has 7 nitrogen and oxygen atoms in total. The zero-order chi connectivity index (χ0) is 15.0. The van der Waals surface area contributed by atoms with Gasteiger partial charge in [0.25, 0.3) is 5.91 Å². The first-order chi connectivity index (χ1) is 9.54. The van der Waals surface area contributed by atoms with Crippen molar-refractivity contribution in [3.63, 3.8) is 0 Å². The van der Waals surface area contributed by atoms with Crippen LogP contribution in [-0.4, -0.2) is 29.9 Å². The Kier molecular flexibility index (Phi) is 6.78. The predicted molar refractivity (Wildman–Crippen MR) is 80.7 cm³/mol. The van der Waals surface area contributed by atoms with Crippen molar-refractivity contribution in [2.75, 3.05) is 24.1 Å². The molecule has 0 bridgehead atoms. The van der Waals surface area contributed by atoms with E-state index in [1.54, 1.807) is 0 Å². The minimum atomic E-state index is -0.324. The zero-order valence-corrected chi connectivity index (χ0v) is 12.4. The Labute approximate surface area is 122 Å². The molecule has 8 heteroatoms. The van der Waals surface area contributed by atoms with Crippen molar-refractivity contribution >= 4 is 34.1 Å². The summed E-state index contributed by atoms with van der Waals surface area (Å²) >= 11 is 1.24. The summed E-state index contributed by atoms with van der Waals surface area (Å²) in [4.78, 5) is 27.0. The van der Waals surface area contributed by atoms with Crippen LogP contribution in [0.4, 0.5) is 10.9 Å². The third-order valence-corrected chi connectivity index (χ3v) is 3.55. The topological polar surface area (TPSA) is 123 Å². The lowest BCUT2D eigenvalue weighted by atomic mass is 10.2. The molecule has 0 aromatic carbocycles. The van der Waals surface area contributed by atoms with Crippen molar-refractivity contribution in [2.45, 2.75) is 32.6 Å². The third-order valence-electron chi connectivity index (χ3n) is 2.52. The number of hydrogen-bond donors (Lipinski definition) is 4. The smallest absolute Gasteiger partial charge is 0.265 e. The molecule has 1 heterocycles. The Hall–Kier alpha value is -1.83. The van der Waals surface area contributed by atoms with Gasteiger partial charge in [0, 0.05) is 19.5 Å². The largest absolute Gasteiger partial charge is 0.382 e. The number of rotatable bonds is 9. The number of nitrogen functional groups attached to an aromatic ring is 1. The molecule has 0 radical (unpaired) electrons. The van der Waals surface area contributed by atoms with Crippen LogP contribution >= 0.6 is 11.3 Å². The number of carbonyl (C=O) groups is 2. The monoisotopic (exact) mass is 299 g/mol. The molecule has 0 fully saturated rings. The van der Waals surface area contributed by atoms with Gasteiger partial charge in [-0.3, -0.25) is 9.59 Å². The van der Waals surface area contributed by atoms with Crippen LogP contribution in [0.1, 0.15) is 42.3 Å². The number of aromatic nitrogens is 1. The van der Waals surface area contributed by atoms with Crippen LogP contribution in [0.5, 0.6) is 0 Å². The molecule has 0 unspecified atom stereocenters. The van der Waals surface area contributed by atoms with Crippen molar-refractivity contribution in [2.24, 2.45) is 5.73 Å². The fraction of sp³-hybridized carbons (Fsp3) is 0.583. The van der Waals surface area contributed by atoms with Gasteiger partial charge in [-0.05, 0) is 19.3 Å². The molecule has 6 N–H and O–H groups in total. The van der Waals surface area contributed by atoms with Crippen molar-refractivity contribution in [3.8, 4) is 0 Å². The number of hydrogen-bond acceptors (Lipinski definition) is 6. The van der Waals surface area contributed by atoms with Crippen molar-refractivity contribution in [1.29, 1.82) is 0 Å². The predicted octanol–water partition coefficient (Wildman–Crippen LogP) is 0.933. The molecule has 1 rings (SSSR count). The van der Waals surface area contributed by atoms with Gasteiger partial charge < -0.3 is 22.1 Å². The summed E-state index contributed by atoms with van der Waals surface area (Å²) < 4.78 is 0. The summed E-state index contributed by atoms with van der Waals surface area (Å²) in [6, 6.07) is 0. The maximum atomic E-state index is 11.9. The minimum absolute atomic E-state index is 0.233. The molecule has 0 saturated carbocycles. The average molecular weight is 299 g/mol. The highest BCUT2D eigenvalue weighted by Crippen LogP contribution is 2.24. The molecule has 1 aromatic rings. The molecular formula is C12H21N5O2S. The van der Waals surface area contributed by atoms with Crippen LogP contribution in [-0.2, 0) is 4.79 Å². The van der Waals surface area contributed by atoms with Crippen LogP contribution in [0, 0.1) is 0 Å². The molecule has 1 aromatic heterocycles. The summed E-state index contributed by atoms with van der Waals surface area (Å²) in [5, 5.41) is 6.51. The van der Waals surface area contributed by atoms with Gasteiger partial charge in [0.05, 0.1) is 0 Å². The van der Waals surface area contributed by atoms with E-state index in [2.05, 4.69) is 15.6 Å². The standard InChI is InChI=1S/C12H21N5O2S/c1-2-6-16-12-17-10(14)9(20-12)11(19)15-7-4-3-5-8(13)18/h2-7,14H2,1H3,(H2,13,18)(H,15,19)(H,16,17). The van der Waals surface area contributed by atoms with Gasteiger partial charge in [0.15, 0.2) is 5.13 Å². The molecule has 0 atom stereocenters. The van der Waals surface area contributed by atoms with Crippen LogP contribution in [0.2, 0.25) is 0 Å². The second-order valence-corrected chi connectivity index (χ2v) is 5.34. The number of anilines is 2. The highest BCUT2D eigenvalue weighted by molar-refractivity contribution is 7.18. The van der Waals surface area contributed by atoms with Gasteiger partial charge in [-0.15, -0.1) is 0 Å². The Bertz CT molecular complexity index is 461. The van der Waals surface area contributed by atoms with Crippen LogP contribution in [0.25, 0.3) is 0 Å². The minimum Gasteiger partial charge on any atom is -0.382 e. The number of nitrogens with two attached hydrogens (primary N) is 2. The number of thiazole rings is 1. The molecule has 0 aliphatic rings. The summed E-state index contributed by atoms with van der Waals surface area (Å²) in [6.07, 6.45) is 2.68. The maximum Gasteiger partial charge on any atom is 0.265 e. The maximum absolute atomic E-state index is 11.9. The summed E-state index contributed by atoms with van der Waals surface area (Å²) in [5.74, 6) is -0.318. The van der Waals surface area contributed by atoms with E-state index in [0.717, 1.165) is 13.0 Å². The second kappa shape index (κ2) is 8.36. The Morgan fingerprint density at radius 1 is 1.30 bits per heavy atom. The Morgan fingerprint density at radius 3 is 2.70 bits per heavy atom. The van der Waals surface area contributed by atoms with E-state index in [1.165, 1.54) is 11.3 Å². The molecule has 112 valence electrons. The van der Waals surface area contributed by atoms with Crippen LogP contribution in [0.3, 0.4) is 0 Å². The van der Waals surface area contributed by atoms with E-state index >= 15 is 0 Å². The Morgan fingerprint density at radius 2 is 2.05 bits per heavy atom. The summed E-state index contributed by atoms with van der Waals surface area (Å²) in [5.41, 5.74) is 10.8. The fourth-order valence-electron chi connectivity index (χ4n) is 1.51. The molecule has 0 aliphatic carbocycles. The average Bonchev–Trinajstić information content (AvgIpc) is 2.76. The van der Waals surface area contributed by atoms with E-state index in [9.17, 15) is 9.59 Å².